The van der Waals surface area contributed by atoms with Gasteiger partial charge in [0.2, 0.25) is 5.91 Å². The van der Waals surface area contributed by atoms with Crippen LogP contribution in [0.25, 0.3) is 0 Å². The molecule has 1 aromatic rings. The molecule has 0 aromatic heterocycles. The number of ether oxygens (including phenoxy) is 2. The van der Waals surface area contributed by atoms with E-state index in [2.05, 4.69) is 10.2 Å². The number of methoxy groups -OCH3 is 1. The van der Waals surface area contributed by atoms with E-state index in [1.54, 1.807) is 14.2 Å². The van der Waals surface area contributed by atoms with E-state index >= 15 is 0 Å². The molecule has 1 aromatic carbocycles. The van der Waals surface area contributed by atoms with Crippen LogP contribution in [-0.2, 0) is 11.3 Å². The van der Waals surface area contributed by atoms with Crippen molar-refractivity contribution in [1.29, 1.82) is 0 Å². The lowest BCUT2D eigenvalue weighted by molar-refractivity contribution is -0.121. The van der Waals surface area contributed by atoms with Gasteiger partial charge in [-0.2, -0.15) is 0 Å². The number of aliphatic hydroxyl groups excluding tert-OH is 1. The van der Waals surface area contributed by atoms with Crippen LogP contribution in [0.1, 0.15) is 31.2 Å². The van der Waals surface area contributed by atoms with Gasteiger partial charge in [0.15, 0.2) is 11.5 Å². The number of hydrogen-bond donors (Lipinski definition) is 2. The fourth-order valence-electron chi connectivity index (χ4n) is 3.48. The summed E-state index contributed by atoms with van der Waals surface area (Å²) >= 11 is 0. The SMILES string of the molecule is CNC(=O)CN(C)Cc1ccc(OCC(O)CN2CCCCCC2)c(OC)c1. The average Bonchev–Trinajstić information content (AvgIpc) is 2.95. The number of aliphatic hydroxyl groups is 1. The quantitative estimate of drug-likeness (QED) is 0.627. The first kappa shape index (κ1) is 22.5. The largest absolute Gasteiger partial charge is 0.493 e. The number of rotatable bonds is 10. The molecule has 1 fully saturated rings. The number of nitrogens with zero attached hydrogens (tertiary/aromatic N) is 2. The highest BCUT2D eigenvalue weighted by molar-refractivity contribution is 5.77. The highest BCUT2D eigenvalue weighted by atomic mass is 16.5. The molecule has 1 atom stereocenters. The van der Waals surface area contributed by atoms with Crippen LogP contribution < -0.4 is 14.8 Å². The molecule has 2 N–H and O–H groups in total. The maximum absolute atomic E-state index is 11.5. The smallest absolute Gasteiger partial charge is 0.233 e. The van der Waals surface area contributed by atoms with Gasteiger partial charge in [0.1, 0.15) is 12.7 Å². The zero-order valence-corrected chi connectivity index (χ0v) is 17.4. The van der Waals surface area contributed by atoms with Crippen LogP contribution in [0.15, 0.2) is 18.2 Å². The number of nitrogens with one attached hydrogen (secondary N) is 1. The summed E-state index contributed by atoms with van der Waals surface area (Å²) in [4.78, 5) is 15.7. The van der Waals surface area contributed by atoms with Gasteiger partial charge in [-0.05, 0) is 50.7 Å². The van der Waals surface area contributed by atoms with Gasteiger partial charge in [0.05, 0.1) is 13.7 Å². The molecule has 7 heteroatoms. The van der Waals surface area contributed by atoms with Crippen molar-refractivity contribution in [3.05, 3.63) is 23.8 Å². The zero-order valence-electron chi connectivity index (χ0n) is 17.4. The van der Waals surface area contributed by atoms with Crippen molar-refractivity contribution in [2.24, 2.45) is 0 Å². The van der Waals surface area contributed by atoms with E-state index in [0.29, 0.717) is 31.1 Å². The minimum atomic E-state index is -0.527. The van der Waals surface area contributed by atoms with Crippen LogP contribution in [0.4, 0.5) is 0 Å². The van der Waals surface area contributed by atoms with Crippen LogP contribution in [0, 0.1) is 0 Å². The number of hydrogen-bond acceptors (Lipinski definition) is 6. The van der Waals surface area contributed by atoms with Gasteiger partial charge < -0.3 is 24.8 Å². The van der Waals surface area contributed by atoms with Crippen molar-refractivity contribution < 1.29 is 19.4 Å². The first-order chi connectivity index (χ1) is 13.5. The average molecular weight is 394 g/mol. The summed E-state index contributed by atoms with van der Waals surface area (Å²) in [6.45, 7) is 3.95. The molecular formula is C21H35N3O4. The number of amides is 1. The van der Waals surface area contributed by atoms with Crippen LogP contribution >= 0.6 is 0 Å². The van der Waals surface area contributed by atoms with Crippen LogP contribution in [-0.4, -0.2) is 80.9 Å². The highest BCUT2D eigenvalue weighted by Crippen LogP contribution is 2.28. The molecule has 28 heavy (non-hydrogen) atoms. The summed E-state index contributed by atoms with van der Waals surface area (Å²) in [7, 11) is 5.13. The Hall–Kier alpha value is -1.83. The molecule has 1 aliphatic heterocycles. The molecule has 0 spiro atoms. The van der Waals surface area contributed by atoms with E-state index in [0.717, 1.165) is 18.7 Å². The molecule has 0 saturated carbocycles. The third-order valence-corrected chi connectivity index (χ3v) is 4.97. The summed E-state index contributed by atoms with van der Waals surface area (Å²) < 4.78 is 11.3. The van der Waals surface area contributed by atoms with Crippen molar-refractivity contribution in [3.63, 3.8) is 0 Å². The summed E-state index contributed by atoms with van der Waals surface area (Å²) in [6, 6.07) is 5.73. The first-order valence-corrected chi connectivity index (χ1v) is 10.1. The lowest BCUT2D eigenvalue weighted by Crippen LogP contribution is -2.36. The fourth-order valence-corrected chi connectivity index (χ4v) is 3.48. The number of likely N-dealkylation sites (tertiary alicyclic amines) is 1. The van der Waals surface area contributed by atoms with E-state index in [4.69, 9.17) is 9.47 Å². The van der Waals surface area contributed by atoms with Crippen molar-refractivity contribution in [1.82, 2.24) is 15.1 Å². The Morgan fingerprint density at radius 1 is 1.25 bits per heavy atom. The molecule has 7 nitrogen and oxygen atoms in total. The summed E-state index contributed by atoms with van der Waals surface area (Å²) in [5.41, 5.74) is 1.03. The molecule has 1 saturated heterocycles. The number of β-amino-alcohol motifs (C(OH)–C–C–N with tert-alkyl or cyclic N) is 1. The van der Waals surface area contributed by atoms with Crippen LogP contribution in [0.3, 0.4) is 0 Å². The highest BCUT2D eigenvalue weighted by Gasteiger charge is 2.16. The molecule has 2 rings (SSSR count). The number of carbonyl (C=O) groups is 1. The van der Waals surface area contributed by atoms with Gasteiger partial charge in [-0.3, -0.25) is 9.69 Å². The standard InChI is InChI=1S/C21H35N3O4/c1-22-21(26)15-23(2)13-17-8-9-19(20(12-17)27-3)28-16-18(25)14-24-10-6-4-5-7-11-24/h8-9,12,18,25H,4-7,10-11,13-16H2,1-3H3,(H,22,26). The molecular weight excluding hydrogens is 358 g/mol. The van der Waals surface area contributed by atoms with Gasteiger partial charge in [-0.1, -0.05) is 18.9 Å². The Bertz CT molecular complexity index is 603. The van der Waals surface area contributed by atoms with Crippen molar-refractivity contribution in [2.75, 3.05) is 54.0 Å². The van der Waals surface area contributed by atoms with E-state index in [9.17, 15) is 9.90 Å². The van der Waals surface area contributed by atoms with Crippen LogP contribution in [0.2, 0.25) is 0 Å². The molecule has 0 bridgehead atoms. The van der Waals surface area contributed by atoms with Crippen molar-refractivity contribution in [3.8, 4) is 11.5 Å². The summed E-state index contributed by atoms with van der Waals surface area (Å²) in [5.74, 6) is 1.23. The Morgan fingerprint density at radius 3 is 2.61 bits per heavy atom. The molecule has 1 amide bonds. The maximum Gasteiger partial charge on any atom is 0.233 e. The van der Waals surface area contributed by atoms with Gasteiger partial charge in [0, 0.05) is 20.1 Å². The van der Waals surface area contributed by atoms with Crippen molar-refractivity contribution in [2.45, 2.75) is 38.3 Å². The van der Waals surface area contributed by atoms with E-state index in [-0.39, 0.29) is 12.5 Å². The van der Waals surface area contributed by atoms with E-state index in [1.165, 1.54) is 25.7 Å². The van der Waals surface area contributed by atoms with E-state index in [1.807, 2.05) is 30.1 Å². The Morgan fingerprint density at radius 2 is 1.96 bits per heavy atom. The Balaban J connectivity index is 1.86. The minimum absolute atomic E-state index is 0.0205. The Labute approximate surface area is 168 Å². The Kier molecular flexibility index (Phi) is 9.54. The topological polar surface area (TPSA) is 74.3 Å². The molecule has 1 unspecified atom stereocenters. The second kappa shape index (κ2) is 11.9. The maximum atomic E-state index is 11.5. The van der Waals surface area contributed by atoms with Crippen molar-refractivity contribution >= 4 is 5.91 Å². The van der Waals surface area contributed by atoms with Gasteiger partial charge >= 0.3 is 0 Å². The molecule has 1 heterocycles. The van der Waals surface area contributed by atoms with Crippen LogP contribution in [0.5, 0.6) is 11.5 Å². The second-order valence-electron chi connectivity index (χ2n) is 7.51. The molecule has 0 aliphatic carbocycles. The zero-order chi connectivity index (χ0) is 20.4. The fraction of sp³-hybridized carbons (Fsp3) is 0.667. The predicted molar refractivity (Wildman–Crippen MR) is 110 cm³/mol. The predicted octanol–water partition coefficient (Wildman–Crippen LogP) is 1.49. The lowest BCUT2D eigenvalue weighted by Gasteiger charge is -2.23. The summed E-state index contributed by atoms with van der Waals surface area (Å²) in [5, 5.41) is 13.0. The lowest BCUT2D eigenvalue weighted by atomic mass is 10.2. The summed E-state index contributed by atoms with van der Waals surface area (Å²) in [6.07, 6.45) is 4.45. The third-order valence-electron chi connectivity index (χ3n) is 4.97. The monoisotopic (exact) mass is 393 g/mol. The normalized spacial score (nSPS) is 16.5. The van der Waals surface area contributed by atoms with Gasteiger partial charge in [-0.15, -0.1) is 0 Å². The van der Waals surface area contributed by atoms with Gasteiger partial charge in [0.25, 0.3) is 0 Å². The molecule has 1 aliphatic rings. The minimum Gasteiger partial charge on any atom is -0.493 e. The molecule has 0 radical (unpaired) electrons. The first-order valence-electron chi connectivity index (χ1n) is 10.1. The third kappa shape index (κ3) is 7.66. The number of carbonyl (C=O) groups excluding carboxylic acids is 1. The number of benzene rings is 1. The molecule has 158 valence electrons. The second-order valence-corrected chi connectivity index (χ2v) is 7.51. The van der Waals surface area contributed by atoms with Gasteiger partial charge in [-0.25, -0.2) is 0 Å². The van der Waals surface area contributed by atoms with E-state index < -0.39 is 6.10 Å². The number of likely N-dealkylation sites (N-methyl/N-ethyl adjacent to an activating group) is 2.